The summed E-state index contributed by atoms with van der Waals surface area (Å²) in [5.41, 5.74) is 2.21. The number of carboxylic acids is 1. The smallest absolute Gasteiger partial charge is 0.308 e. The summed E-state index contributed by atoms with van der Waals surface area (Å²) in [5.74, 6) is -1.73. The van der Waals surface area contributed by atoms with Gasteiger partial charge < -0.3 is 15.2 Å². The maximum absolute atomic E-state index is 11.3. The first-order valence-corrected chi connectivity index (χ1v) is 9.17. The van der Waals surface area contributed by atoms with Crippen LogP contribution in [0.15, 0.2) is 54.1 Å². The van der Waals surface area contributed by atoms with E-state index >= 15 is 0 Å². The largest absolute Gasteiger partial charge is 0.481 e. The molecule has 0 heterocycles. The number of carbonyl (C=O) groups is 2. The van der Waals surface area contributed by atoms with Gasteiger partial charge in [-0.3, -0.25) is 9.59 Å². The number of rotatable bonds is 10. The highest BCUT2D eigenvalue weighted by atomic mass is 16.5. The molecule has 148 valence electrons. The number of allylic oxidation sites excluding steroid dienone is 2. The highest BCUT2D eigenvalue weighted by Crippen LogP contribution is 2.17. The first-order chi connectivity index (χ1) is 12.7. The van der Waals surface area contributed by atoms with E-state index < -0.39 is 17.9 Å². The van der Waals surface area contributed by atoms with Crippen molar-refractivity contribution in [1.82, 2.24) is 5.32 Å². The zero-order valence-electron chi connectivity index (χ0n) is 16.8. The van der Waals surface area contributed by atoms with Crippen molar-refractivity contribution in [2.24, 2.45) is 11.8 Å². The normalized spacial score (nSPS) is 16.6. The lowest BCUT2D eigenvalue weighted by molar-refractivity contribution is -0.141. The average Bonchev–Trinajstić information content (AvgIpc) is 2.62. The lowest BCUT2D eigenvalue weighted by atomic mass is 9.95. The number of carboxylic acid groups (broad SMARTS) is 1. The summed E-state index contributed by atoms with van der Waals surface area (Å²) in [6.07, 6.45) is 6.55. The Labute approximate surface area is 162 Å². The van der Waals surface area contributed by atoms with E-state index in [9.17, 15) is 14.7 Å². The van der Waals surface area contributed by atoms with Crippen molar-refractivity contribution < 1.29 is 19.4 Å². The molecule has 0 aliphatic rings. The molecule has 0 fully saturated rings. The van der Waals surface area contributed by atoms with E-state index in [0.717, 1.165) is 12.0 Å². The van der Waals surface area contributed by atoms with E-state index in [1.165, 1.54) is 12.5 Å². The van der Waals surface area contributed by atoms with Gasteiger partial charge in [0.25, 0.3) is 0 Å². The second-order valence-electron chi connectivity index (χ2n) is 6.95. The highest BCUT2D eigenvalue weighted by molar-refractivity contribution is 5.76. The SMILES string of the molecule is CO[C@@H](Cc1ccccc1)[C@@H](C)C=C(C)C=CC(NC(C)=O)[C@H](C)C(=O)O. The van der Waals surface area contributed by atoms with Gasteiger partial charge in [0.2, 0.25) is 5.91 Å². The van der Waals surface area contributed by atoms with Crippen molar-refractivity contribution in [3.63, 3.8) is 0 Å². The molecular formula is C22H31NO4. The van der Waals surface area contributed by atoms with Gasteiger partial charge in [-0.05, 0) is 25.8 Å². The van der Waals surface area contributed by atoms with Gasteiger partial charge in [-0.15, -0.1) is 0 Å². The Bertz CT molecular complexity index is 666. The van der Waals surface area contributed by atoms with E-state index in [1.807, 2.05) is 31.2 Å². The van der Waals surface area contributed by atoms with Gasteiger partial charge in [0.15, 0.2) is 0 Å². The van der Waals surface area contributed by atoms with Crippen molar-refractivity contribution in [2.45, 2.75) is 46.3 Å². The van der Waals surface area contributed by atoms with Crippen LogP contribution in [0.25, 0.3) is 0 Å². The molecule has 0 saturated carbocycles. The first kappa shape index (κ1) is 22.6. The molecule has 1 rings (SSSR count). The Morgan fingerprint density at radius 3 is 2.33 bits per heavy atom. The summed E-state index contributed by atoms with van der Waals surface area (Å²) >= 11 is 0. The molecule has 0 saturated heterocycles. The number of amides is 1. The Morgan fingerprint density at radius 1 is 1.19 bits per heavy atom. The average molecular weight is 373 g/mol. The summed E-state index contributed by atoms with van der Waals surface area (Å²) in [7, 11) is 1.71. The molecule has 1 aromatic rings. The maximum Gasteiger partial charge on any atom is 0.308 e. The van der Waals surface area contributed by atoms with Crippen LogP contribution in [0, 0.1) is 11.8 Å². The fraction of sp³-hybridized carbons (Fsp3) is 0.455. The van der Waals surface area contributed by atoms with Crippen LogP contribution in [0.3, 0.4) is 0 Å². The molecule has 1 aromatic carbocycles. The van der Waals surface area contributed by atoms with Gasteiger partial charge in [0, 0.05) is 20.0 Å². The van der Waals surface area contributed by atoms with Crippen LogP contribution in [0.2, 0.25) is 0 Å². The predicted octanol–water partition coefficient (Wildman–Crippen LogP) is 3.61. The maximum atomic E-state index is 11.3. The van der Waals surface area contributed by atoms with Crippen LogP contribution < -0.4 is 5.32 Å². The number of ether oxygens (including phenoxy) is 1. The lowest BCUT2D eigenvalue weighted by Gasteiger charge is -2.21. The Balaban J connectivity index is 2.82. The van der Waals surface area contributed by atoms with E-state index in [2.05, 4.69) is 30.4 Å². The number of hydrogen-bond donors (Lipinski definition) is 2. The fourth-order valence-electron chi connectivity index (χ4n) is 2.89. The molecular weight excluding hydrogens is 342 g/mol. The van der Waals surface area contributed by atoms with Crippen molar-refractivity contribution in [3.8, 4) is 0 Å². The quantitative estimate of drug-likeness (QED) is 0.614. The third-order valence-corrected chi connectivity index (χ3v) is 4.56. The number of benzene rings is 1. The number of aliphatic carboxylic acids is 1. The minimum atomic E-state index is -0.948. The van der Waals surface area contributed by atoms with Crippen LogP contribution in [-0.4, -0.2) is 36.2 Å². The number of nitrogens with one attached hydrogen (secondary N) is 1. The molecule has 5 nitrogen and oxygen atoms in total. The van der Waals surface area contributed by atoms with Gasteiger partial charge in [-0.1, -0.05) is 61.1 Å². The van der Waals surface area contributed by atoms with Gasteiger partial charge in [0.05, 0.1) is 18.1 Å². The predicted molar refractivity (Wildman–Crippen MR) is 107 cm³/mol. The number of methoxy groups -OCH3 is 1. The Kier molecular flexibility index (Phi) is 9.51. The van der Waals surface area contributed by atoms with Crippen LogP contribution in [0.1, 0.15) is 33.3 Å². The summed E-state index contributed by atoms with van der Waals surface area (Å²) in [4.78, 5) is 22.6. The minimum absolute atomic E-state index is 0.0415. The van der Waals surface area contributed by atoms with E-state index in [4.69, 9.17) is 4.74 Å². The van der Waals surface area contributed by atoms with Gasteiger partial charge in [-0.2, -0.15) is 0 Å². The standard InChI is InChI=1S/C22H31NO4/c1-15(11-12-20(23-18(4)24)17(3)22(25)26)13-16(2)21(27-5)14-19-9-7-6-8-10-19/h6-13,16-17,20-21H,14H2,1-5H3,(H,23,24)(H,25,26)/t16-,17-,20?,21-/m0/s1. The summed E-state index contributed by atoms with van der Waals surface area (Å²) in [5, 5.41) is 11.9. The number of carbonyl (C=O) groups excluding carboxylic acids is 1. The molecule has 0 radical (unpaired) electrons. The monoisotopic (exact) mass is 373 g/mol. The van der Waals surface area contributed by atoms with E-state index in [0.29, 0.717) is 0 Å². The van der Waals surface area contributed by atoms with Gasteiger partial charge in [0.1, 0.15) is 0 Å². The molecule has 0 spiro atoms. The Hall–Kier alpha value is -2.40. The molecule has 5 heteroatoms. The van der Waals surface area contributed by atoms with Crippen molar-refractivity contribution in [1.29, 1.82) is 0 Å². The fourth-order valence-corrected chi connectivity index (χ4v) is 2.89. The molecule has 1 amide bonds. The molecule has 2 N–H and O–H groups in total. The zero-order valence-corrected chi connectivity index (χ0v) is 16.8. The summed E-state index contributed by atoms with van der Waals surface area (Å²) in [6, 6.07) is 9.64. The molecule has 1 unspecified atom stereocenters. The number of hydrogen-bond acceptors (Lipinski definition) is 3. The lowest BCUT2D eigenvalue weighted by Crippen LogP contribution is -2.39. The molecule has 0 aliphatic carbocycles. The van der Waals surface area contributed by atoms with Gasteiger partial charge >= 0.3 is 5.97 Å². The van der Waals surface area contributed by atoms with Crippen molar-refractivity contribution >= 4 is 11.9 Å². The molecule has 0 bridgehead atoms. The van der Waals surface area contributed by atoms with Crippen LogP contribution >= 0.6 is 0 Å². The van der Waals surface area contributed by atoms with E-state index in [1.54, 1.807) is 20.1 Å². The topological polar surface area (TPSA) is 75.6 Å². The first-order valence-electron chi connectivity index (χ1n) is 9.17. The van der Waals surface area contributed by atoms with Crippen LogP contribution in [0.5, 0.6) is 0 Å². The second-order valence-corrected chi connectivity index (χ2v) is 6.95. The van der Waals surface area contributed by atoms with Crippen molar-refractivity contribution in [2.75, 3.05) is 7.11 Å². The van der Waals surface area contributed by atoms with E-state index in [-0.39, 0.29) is 17.9 Å². The third kappa shape index (κ3) is 8.22. The van der Waals surface area contributed by atoms with Crippen molar-refractivity contribution in [3.05, 3.63) is 59.7 Å². The zero-order chi connectivity index (χ0) is 20.4. The van der Waals surface area contributed by atoms with Crippen LogP contribution in [0.4, 0.5) is 0 Å². The summed E-state index contributed by atoms with van der Waals surface area (Å²) in [6.45, 7) is 7.01. The third-order valence-electron chi connectivity index (χ3n) is 4.56. The summed E-state index contributed by atoms with van der Waals surface area (Å²) < 4.78 is 5.66. The molecule has 4 atom stereocenters. The second kappa shape index (κ2) is 11.3. The van der Waals surface area contributed by atoms with Gasteiger partial charge in [-0.25, -0.2) is 0 Å². The molecule has 0 aromatic heterocycles. The highest BCUT2D eigenvalue weighted by Gasteiger charge is 2.22. The van der Waals surface area contributed by atoms with Crippen LogP contribution in [-0.2, 0) is 20.7 Å². The molecule has 0 aliphatic heterocycles. The Morgan fingerprint density at radius 2 is 1.81 bits per heavy atom. The molecule has 27 heavy (non-hydrogen) atoms. The minimum Gasteiger partial charge on any atom is -0.481 e.